The molecule has 0 bridgehead atoms. The predicted molar refractivity (Wildman–Crippen MR) is 265 cm³/mol. The lowest BCUT2D eigenvalue weighted by Gasteiger charge is -2.42. The minimum Gasteiger partial charge on any atom is -0.443 e. The van der Waals surface area contributed by atoms with Gasteiger partial charge in [-0.3, -0.25) is 9.80 Å². The Morgan fingerprint density at radius 2 is 1.21 bits per heavy atom. The molecule has 3 heterocycles. The molecule has 2 saturated heterocycles. The van der Waals surface area contributed by atoms with Crippen molar-refractivity contribution in [1.82, 2.24) is 34.1 Å². The first-order valence-corrected chi connectivity index (χ1v) is 27.6. The fourth-order valence-electron chi connectivity index (χ4n) is 11.1. The van der Waals surface area contributed by atoms with Crippen molar-refractivity contribution in [2.75, 3.05) is 43.9 Å². The van der Waals surface area contributed by atoms with Gasteiger partial charge < -0.3 is 25.0 Å². The van der Waals surface area contributed by atoms with Gasteiger partial charge in [-0.15, -0.1) is 4.99 Å². The van der Waals surface area contributed by atoms with E-state index in [0.717, 1.165) is 107 Å². The van der Waals surface area contributed by atoms with Crippen molar-refractivity contribution in [3.05, 3.63) is 80.9 Å². The highest BCUT2D eigenvalue weighted by molar-refractivity contribution is 7.91. The highest BCUT2D eigenvalue weighted by Crippen LogP contribution is 2.43. The first kappa shape index (κ1) is 50.1. The Bertz CT molecular complexity index is 2860. The molecule has 4 aliphatic carbocycles. The Balaban J connectivity index is 0.829. The van der Waals surface area contributed by atoms with Crippen LogP contribution in [0.15, 0.2) is 35.8 Å². The summed E-state index contributed by atoms with van der Waals surface area (Å²) in [5, 5.41) is 3.97. The van der Waals surface area contributed by atoms with E-state index in [4.69, 9.17) is 9.47 Å². The molecular weight excluding hydrogens is 953 g/mol. The van der Waals surface area contributed by atoms with E-state index >= 15 is 0 Å². The maximum absolute atomic E-state index is 13.8. The second kappa shape index (κ2) is 19.3. The summed E-state index contributed by atoms with van der Waals surface area (Å²) in [5.41, 5.74) is 8.84. The van der Waals surface area contributed by atoms with E-state index in [1.165, 1.54) is 29.4 Å². The monoisotopic (exact) mass is 1020 g/mol. The Hall–Kier alpha value is -5.87. The van der Waals surface area contributed by atoms with Gasteiger partial charge in [-0.2, -0.15) is 0 Å². The number of benzene rings is 2. The minimum absolute atomic E-state index is 0.0266. The van der Waals surface area contributed by atoms with Crippen molar-refractivity contribution in [2.45, 2.75) is 140 Å². The molecule has 0 saturated carbocycles. The summed E-state index contributed by atoms with van der Waals surface area (Å²) in [6.07, 6.45) is 12.4. The molecule has 2 fully saturated rings. The molecule has 1 aromatic heterocycles. The Morgan fingerprint density at radius 3 is 1.75 bits per heavy atom. The van der Waals surface area contributed by atoms with Crippen molar-refractivity contribution in [2.24, 2.45) is 10.9 Å². The second-order valence-electron chi connectivity index (χ2n) is 21.5. The molecular formula is C49H64N10O10S2. The van der Waals surface area contributed by atoms with Crippen LogP contribution in [-0.4, -0.2) is 127 Å². The summed E-state index contributed by atoms with van der Waals surface area (Å²) in [6.45, 7) is 9.25. The van der Waals surface area contributed by atoms with E-state index in [2.05, 4.69) is 47.2 Å². The number of aliphatic imine (C=N–C) groups is 1. The fraction of sp³-hybridized carbons (Fsp3) is 0.571. The van der Waals surface area contributed by atoms with E-state index < -0.39 is 66.0 Å². The van der Waals surface area contributed by atoms with Gasteiger partial charge in [0.2, 0.25) is 26.0 Å². The van der Waals surface area contributed by atoms with Crippen LogP contribution in [0, 0.1) is 5.92 Å². The molecule has 0 spiro atoms. The number of nitrogens with zero attached hydrogens (tertiary/aromatic N) is 6. The Labute approximate surface area is 415 Å². The number of sulfonamides is 2. The third-order valence-corrected chi connectivity index (χ3v) is 17.6. The molecule has 1 unspecified atom stereocenters. The molecule has 4 N–H and O–H groups in total. The van der Waals surface area contributed by atoms with Crippen LogP contribution in [-0.2, 0) is 87.4 Å². The molecule has 71 heavy (non-hydrogen) atoms. The third kappa shape index (κ3) is 11.1. The van der Waals surface area contributed by atoms with Crippen LogP contribution in [0.2, 0.25) is 0 Å². The van der Waals surface area contributed by atoms with Gasteiger partial charge in [0, 0.05) is 69.1 Å². The number of rotatable bonds is 11. The minimum atomic E-state index is -4.21. The lowest BCUT2D eigenvalue weighted by atomic mass is 9.91. The van der Waals surface area contributed by atoms with Crippen LogP contribution in [0.1, 0.15) is 110 Å². The van der Waals surface area contributed by atoms with E-state index in [9.17, 15) is 36.0 Å². The van der Waals surface area contributed by atoms with Crippen molar-refractivity contribution < 1.29 is 45.5 Å². The topological polar surface area (TPSA) is 251 Å². The number of amides is 6. The highest BCUT2D eigenvalue weighted by atomic mass is 32.2. The number of aryl methyl sites for hydroxylation is 3. The summed E-state index contributed by atoms with van der Waals surface area (Å²) >= 11 is 0. The maximum atomic E-state index is 13.8. The summed E-state index contributed by atoms with van der Waals surface area (Å²) in [4.78, 5) is 70.5. The first-order chi connectivity index (χ1) is 33.5. The maximum Gasteiger partial charge on any atom is 0.437 e. The normalized spacial score (nSPS) is 19.2. The van der Waals surface area contributed by atoms with Gasteiger partial charge in [-0.25, -0.2) is 55.4 Å². The number of carbonyl (C=O) groups is 4. The van der Waals surface area contributed by atoms with Crippen molar-refractivity contribution >= 4 is 61.6 Å². The summed E-state index contributed by atoms with van der Waals surface area (Å²) in [5.74, 6) is -0.205. The lowest BCUT2D eigenvalue weighted by Crippen LogP contribution is -2.63. The standard InChI is InChI=1S/C49H64N10O10S2/c1-48(2,3)69-47(63)57(6)45(59-26-36(27-59)71(66,67)56-43(60)52-41-37-13-7-10-31(37)18-32-11-8-14-38(32)41)54-46(62)68-49(4,5)20-29-16-34-19-33-12-9-15-39(33)42(40(34)17-29)53-44(61)55-70(64,65)35-24-58(25-35)23-30-21-50-28-51-22-30/h18-19,21-22,28-29,35-36H,7-17,20,23-27H2,1-6H3,(H2,52,56,60)(H2,53,55,61). The number of urea groups is 2. The van der Waals surface area contributed by atoms with Gasteiger partial charge in [0.25, 0.3) is 0 Å². The molecule has 3 aromatic rings. The third-order valence-electron chi connectivity index (χ3n) is 14.3. The Morgan fingerprint density at radius 1 is 0.704 bits per heavy atom. The van der Waals surface area contributed by atoms with Crippen molar-refractivity contribution in [1.29, 1.82) is 0 Å². The number of carbonyl (C=O) groups excluding carboxylic acids is 4. The molecule has 382 valence electrons. The van der Waals surface area contributed by atoms with Crippen LogP contribution >= 0.6 is 0 Å². The van der Waals surface area contributed by atoms with Crippen LogP contribution in [0.25, 0.3) is 0 Å². The summed E-state index contributed by atoms with van der Waals surface area (Å²) in [6, 6.07) is 2.74. The number of hydrogen-bond donors (Lipinski definition) is 4. The smallest absolute Gasteiger partial charge is 0.437 e. The number of anilines is 2. The molecule has 6 aliphatic rings. The van der Waals surface area contributed by atoms with Crippen LogP contribution in [0.3, 0.4) is 0 Å². The molecule has 1 atom stereocenters. The number of likely N-dealkylation sites (tertiary alicyclic amines) is 2. The van der Waals surface area contributed by atoms with Crippen molar-refractivity contribution in [3.63, 3.8) is 0 Å². The highest BCUT2D eigenvalue weighted by Gasteiger charge is 2.44. The SMILES string of the molecule is CN(C(=O)OC(C)(C)C)C(=NC(=O)OC(C)(C)CC1Cc2cc3c(c(NC(=O)NS(=O)(=O)C4CN(Cc5cncnc5)C4)c2C1)CCC3)N1CC(S(=O)(=O)NC(=O)Nc2c3c(cc4c2CCC4)CCC3)C1. The molecule has 20 nitrogen and oxygen atoms in total. The first-order valence-electron chi connectivity index (χ1n) is 24.5. The number of ether oxygens (including phenoxy) is 2. The van der Waals surface area contributed by atoms with Gasteiger partial charge in [-0.1, -0.05) is 12.1 Å². The van der Waals surface area contributed by atoms with E-state index in [-0.39, 0.29) is 38.1 Å². The zero-order chi connectivity index (χ0) is 50.6. The van der Waals surface area contributed by atoms with Gasteiger partial charge in [0.1, 0.15) is 28.0 Å². The number of aromatic nitrogens is 2. The van der Waals surface area contributed by atoms with Gasteiger partial charge in [-0.05, 0) is 162 Å². The molecule has 2 aromatic carbocycles. The van der Waals surface area contributed by atoms with E-state index in [0.29, 0.717) is 31.5 Å². The van der Waals surface area contributed by atoms with Crippen molar-refractivity contribution in [3.8, 4) is 0 Å². The molecule has 22 heteroatoms. The molecule has 0 radical (unpaired) electrons. The molecule has 9 rings (SSSR count). The van der Waals surface area contributed by atoms with Crippen LogP contribution in [0.5, 0.6) is 0 Å². The molecule has 2 aliphatic heterocycles. The number of hydrogen-bond acceptors (Lipinski definition) is 13. The zero-order valence-corrected chi connectivity index (χ0v) is 42.9. The zero-order valence-electron chi connectivity index (χ0n) is 41.2. The average molecular weight is 1020 g/mol. The number of guanidine groups is 1. The van der Waals surface area contributed by atoms with Gasteiger partial charge >= 0.3 is 24.2 Å². The van der Waals surface area contributed by atoms with Gasteiger partial charge in [0.05, 0.1) is 0 Å². The lowest BCUT2D eigenvalue weighted by molar-refractivity contribution is 0.0269. The quantitative estimate of drug-likeness (QED) is 0.140. The van der Waals surface area contributed by atoms with Crippen LogP contribution < -0.4 is 20.1 Å². The predicted octanol–water partition coefficient (Wildman–Crippen LogP) is 5.36. The number of nitrogens with one attached hydrogen (secondary N) is 4. The summed E-state index contributed by atoms with van der Waals surface area (Å²) < 4.78 is 69.7. The van der Waals surface area contributed by atoms with Crippen LogP contribution in [0.4, 0.5) is 30.6 Å². The average Bonchev–Trinajstić information content (AvgIpc) is 4.07. The number of fused-ring (bicyclic) bond motifs is 4. The second-order valence-corrected chi connectivity index (χ2v) is 25.4. The largest absolute Gasteiger partial charge is 0.443 e. The summed E-state index contributed by atoms with van der Waals surface area (Å²) in [7, 11) is -6.81. The van der Waals surface area contributed by atoms with Gasteiger partial charge in [0.15, 0.2) is 0 Å². The fourth-order valence-corrected chi connectivity index (χ4v) is 13.6. The Kier molecular flexibility index (Phi) is 13.6. The van der Waals surface area contributed by atoms with E-state index in [1.54, 1.807) is 47.0 Å². The van der Waals surface area contributed by atoms with E-state index in [1.807, 2.05) is 4.90 Å². The molecule has 6 amide bonds.